The van der Waals surface area contributed by atoms with Gasteiger partial charge in [-0.1, -0.05) is 15.9 Å². The molecule has 0 radical (unpaired) electrons. The van der Waals surface area contributed by atoms with Gasteiger partial charge in [0.15, 0.2) is 5.65 Å². The van der Waals surface area contributed by atoms with Gasteiger partial charge in [0.05, 0.1) is 18.1 Å². The lowest BCUT2D eigenvalue weighted by atomic mass is 10.2. The van der Waals surface area contributed by atoms with Crippen LogP contribution in [0.25, 0.3) is 5.65 Å². The van der Waals surface area contributed by atoms with E-state index >= 15 is 0 Å². The molecule has 4 nitrogen and oxygen atoms in total. The van der Waals surface area contributed by atoms with Crippen LogP contribution in [0.1, 0.15) is 11.3 Å². The molecule has 0 aliphatic heterocycles. The van der Waals surface area contributed by atoms with Crippen molar-refractivity contribution >= 4 is 37.5 Å². The van der Waals surface area contributed by atoms with Gasteiger partial charge in [-0.05, 0) is 39.7 Å². The van der Waals surface area contributed by atoms with Crippen molar-refractivity contribution in [3.05, 3.63) is 62.9 Å². The van der Waals surface area contributed by atoms with Crippen LogP contribution in [0.2, 0.25) is 0 Å². The Hall–Kier alpha value is -1.31. The van der Waals surface area contributed by atoms with Gasteiger partial charge >= 0.3 is 0 Å². The third-order valence-corrected chi connectivity index (χ3v) is 4.25. The SMILES string of the molecule is Fc1ccc(Br)c(CNCc2cnc3cnc(Br)cn23)c1. The largest absolute Gasteiger partial charge is 0.307 e. The second-order valence-electron chi connectivity index (χ2n) is 4.53. The molecule has 3 rings (SSSR count). The number of hydrogen-bond donors (Lipinski definition) is 1. The second kappa shape index (κ2) is 6.21. The van der Waals surface area contributed by atoms with E-state index in [9.17, 15) is 4.39 Å². The van der Waals surface area contributed by atoms with E-state index in [1.165, 1.54) is 12.1 Å². The third-order valence-electron chi connectivity index (χ3n) is 3.07. The minimum atomic E-state index is -0.236. The minimum absolute atomic E-state index is 0.236. The van der Waals surface area contributed by atoms with Crippen LogP contribution in [0.5, 0.6) is 0 Å². The molecule has 0 atom stereocenters. The lowest BCUT2D eigenvalue weighted by Crippen LogP contribution is -2.14. The molecule has 3 aromatic rings. The maximum absolute atomic E-state index is 13.2. The molecule has 0 saturated heterocycles. The summed E-state index contributed by atoms with van der Waals surface area (Å²) in [5.41, 5.74) is 2.69. The Morgan fingerprint density at radius 1 is 1.14 bits per heavy atom. The van der Waals surface area contributed by atoms with Gasteiger partial charge in [0.25, 0.3) is 0 Å². The highest BCUT2D eigenvalue weighted by Crippen LogP contribution is 2.18. The topological polar surface area (TPSA) is 42.2 Å². The minimum Gasteiger partial charge on any atom is -0.307 e. The average molecular weight is 414 g/mol. The zero-order valence-electron chi connectivity index (χ0n) is 10.9. The lowest BCUT2D eigenvalue weighted by Gasteiger charge is -2.07. The summed E-state index contributed by atoms with van der Waals surface area (Å²) in [6.07, 6.45) is 5.38. The Morgan fingerprint density at radius 3 is 2.86 bits per heavy atom. The second-order valence-corrected chi connectivity index (χ2v) is 6.19. The maximum Gasteiger partial charge on any atom is 0.155 e. The number of halogens is 3. The van der Waals surface area contributed by atoms with E-state index in [1.54, 1.807) is 18.5 Å². The lowest BCUT2D eigenvalue weighted by molar-refractivity contribution is 0.618. The number of fused-ring (bicyclic) bond motifs is 1. The third kappa shape index (κ3) is 3.30. The molecule has 108 valence electrons. The van der Waals surface area contributed by atoms with E-state index in [1.807, 2.05) is 10.6 Å². The number of nitrogens with one attached hydrogen (secondary N) is 1. The van der Waals surface area contributed by atoms with Crippen LogP contribution in [-0.2, 0) is 13.1 Å². The van der Waals surface area contributed by atoms with E-state index in [4.69, 9.17) is 0 Å². The Morgan fingerprint density at radius 2 is 2.00 bits per heavy atom. The summed E-state index contributed by atoms with van der Waals surface area (Å²) in [7, 11) is 0. The highest BCUT2D eigenvalue weighted by Gasteiger charge is 2.05. The summed E-state index contributed by atoms with van der Waals surface area (Å²) in [5, 5.41) is 3.29. The summed E-state index contributed by atoms with van der Waals surface area (Å²) < 4.78 is 16.8. The van der Waals surface area contributed by atoms with Crippen LogP contribution in [0.4, 0.5) is 4.39 Å². The van der Waals surface area contributed by atoms with Crippen molar-refractivity contribution < 1.29 is 4.39 Å². The summed E-state index contributed by atoms with van der Waals surface area (Å²) in [6, 6.07) is 4.66. The first-order valence-electron chi connectivity index (χ1n) is 6.25. The normalized spacial score (nSPS) is 11.2. The predicted molar refractivity (Wildman–Crippen MR) is 85.3 cm³/mol. The Labute approximate surface area is 137 Å². The van der Waals surface area contributed by atoms with Crippen molar-refractivity contribution in [3.63, 3.8) is 0 Å². The van der Waals surface area contributed by atoms with E-state index in [-0.39, 0.29) is 5.82 Å². The fraction of sp³-hybridized carbons (Fsp3) is 0.143. The number of rotatable bonds is 4. The zero-order chi connectivity index (χ0) is 14.8. The van der Waals surface area contributed by atoms with E-state index in [2.05, 4.69) is 47.1 Å². The molecule has 2 heterocycles. The summed E-state index contributed by atoms with van der Waals surface area (Å²) in [4.78, 5) is 8.42. The first kappa shape index (κ1) is 14.6. The molecule has 21 heavy (non-hydrogen) atoms. The molecule has 0 aliphatic carbocycles. The van der Waals surface area contributed by atoms with Crippen molar-refractivity contribution in [1.82, 2.24) is 19.7 Å². The number of aromatic nitrogens is 3. The fourth-order valence-corrected chi connectivity index (χ4v) is 2.74. The predicted octanol–water partition coefficient (Wildman–Crippen LogP) is 3.68. The quantitative estimate of drug-likeness (QED) is 0.709. The van der Waals surface area contributed by atoms with Gasteiger partial charge in [-0.2, -0.15) is 0 Å². The van der Waals surface area contributed by atoms with Crippen molar-refractivity contribution in [2.45, 2.75) is 13.1 Å². The highest BCUT2D eigenvalue weighted by atomic mass is 79.9. The molecule has 0 fully saturated rings. The van der Waals surface area contributed by atoms with Crippen LogP contribution in [0.15, 0.2) is 45.9 Å². The number of imidazole rings is 1. The number of nitrogens with zero attached hydrogens (tertiary/aromatic N) is 3. The molecule has 1 aromatic carbocycles. The standard InChI is InChI=1S/C14H11Br2FN4/c15-12-2-1-10(17)3-9(12)4-18-5-11-6-20-14-7-19-13(16)8-21(11)14/h1-3,6-8,18H,4-5H2. The van der Waals surface area contributed by atoms with Crippen LogP contribution >= 0.6 is 31.9 Å². The van der Waals surface area contributed by atoms with Crippen LogP contribution in [0, 0.1) is 5.82 Å². The summed E-state index contributed by atoms with van der Waals surface area (Å²) in [5.74, 6) is -0.236. The summed E-state index contributed by atoms with van der Waals surface area (Å²) in [6.45, 7) is 1.19. The highest BCUT2D eigenvalue weighted by molar-refractivity contribution is 9.10. The molecule has 0 aliphatic rings. The van der Waals surface area contributed by atoms with Gasteiger partial charge in [-0.3, -0.25) is 4.40 Å². The average Bonchev–Trinajstić information content (AvgIpc) is 2.85. The Kier molecular flexibility index (Phi) is 4.32. The van der Waals surface area contributed by atoms with E-state index < -0.39 is 0 Å². The van der Waals surface area contributed by atoms with Crippen LogP contribution < -0.4 is 5.32 Å². The molecule has 0 amide bonds. The Bertz CT molecular complexity index is 788. The van der Waals surface area contributed by atoms with Gasteiger partial charge in [0.1, 0.15) is 10.4 Å². The van der Waals surface area contributed by atoms with Gasteiger partial charge in [-0.15, -0.1) is 0 Å². The van der Waals surface area contributed by atoms with Crippen LogP contribution in [0.3, 0.4) is 0 Å². The molecular weight excluding hydrogens is 403 g/mol. The van der Waals surface area contributed by atoms with Gasteiger partial charge in [0.2, 0.25) is 0 Å². The van der Waals surface area contributed by atoms with Gasteiger partial charge in [-0.25, -0.2) is 14.4 Å². The van der Waals surface area contributed by atoms with Crippen molar-refractivity contribution in [1.29, 1.82) is 0 Å². The molecule has 1 N–H and O–H groups in total. The van der Waals surface area contributed by atoms with Crippen molar-refractivity contribution in [2.24, 2.45) is 0 Å². The summed E-state index contributed by atoms with van der Waals surface area (Å²) >= 11 is 6.77. The smallest absolute Gasteiger partial charge is 0.155 e. The molecule has 0 saturated carbocycles. The molecular formula is C14H11Br2FN4. The Balaban J connectivity index is 1.72. The molecule has 7 heteroatoms. The fourth-order valence-electron chi connectivity index (χ4n) is 2.05. The molecule has 0 unspecified atom stereocenters. The number of benzene rings is 1. The molecule has 0 bridgehead atoms. The first-order valence-corrected chi connectivity index (χ1v) is 7.84. The number of hydrogen-bond acceptors (Lipinski definition) is 3. The van der Waals surface area contributed by atoms with Gasteiger partial charge in [0, 0.05) is 23.8 Å². The van der Waals surface area contributed by atoms with E-state index in [0.717, 1.165) is 26.0 Å². The maximum atomic E-state index is 13.2. The van der Waals surface area contributed by atoms with Crippen molar-refractivity contribution in [2.75, 3.05) is 0 Å². The van der Waals surface area contributed by atoms with Crippen LogP contribution in [-0.4, -0.2) is 14.4 Å². The van der Waals surface area contributed by atoms with E-state index in [0.29, 0.717) is 13.1 Å². The molecule has 2 aromatic heterocycles. The van der Waals surface area contributed by atoms with Crippen molar-refractivity contribution in [3.8, 4) is 0 Å². The first-order chi connectivity index (χ1) is 10.1. The van der Waals surface area contributed by atoms with Gasteiger partial charge < -0.3 is 5.32 Å². The molecule has 0 spiro atoms. The zero-order valence-corrected chi connectivity index (χ0v) is 14.0. The monoisotopic (exact) mass is 412 g/mol.